The maximum atomic E-state index is 13.7. The number of fused-ring (bicyclic) bond motifs is 2. The van der Waals surface area contributed by atoms with E-state index >= 15 is 0 Å². The third kappa shape index (κ3) is 11.0. The van der Waals surface area contributed by atoms with Crippen LogP contribution in [0.2, 0.25) is 0 Å². The van der Waals surface area contributed by atoms with Crippen LogP contribution in [0.15, 0.2) is 116 Å². The highest BCUT2D eigenvalue weighted by atomic mass is 16.5. The zero-order chi connectivity index (χ0) is 47.9. The van der Waals surface area contributed by atoms with Crippen molar-refractivity contribution >= 4 is 35.0 Å². The molecule has 0 radical (unpaired) electrons. The summed E-state index contributed by atoms with van der Waals surface area (Å²) in [7, 11) is 3.32. The van der Waals surface area contributed by atoms with E-state index in [1.165, 1.54) is 16.1 Å². The minimum absolute atomic E-state index is 0.0334. The van der Waals surface area contributed by atoms with Gasteiger partial charge in [0.15, 0.2) is 0 Å². The van der Waals surface area contributed by atoms with Crippen molar-refractivity contribution in [2.45, 2.75) is 38.2 Å². The molecule has 350 valence electrons. The van der Waals surface area contributed by atoms with Crippen LogP contribution in [0.25, 0.3) is 0 Å². The number of hydrogen-bond donors (Lipinski definition) is 2. The first-order valence-corrected chi connectivity index (χ1v) is 22.7. The van der Waals surface area contributed by atoms with Gasteiger partial charge in [0.1, 0.15) is 48.3 Å². The van der Waals surface area contributed by atoms with Crippen LogP contribution in [0.3, 0.4) is 0 Å². The molecule has 9 rings (SSSR count). The predicted octanol–water partition coefficient (Wildman–Crippen LogP) is 3.29. The van der Waals surface area contributed by atoms with Crippen LogP contribution in [0.5, 0.6) is 11.5 Å². The second-order valence-electron chi connectivity index (χ2n) is 17.1. The SMILES string of the molecule is C[C@H]1Oc2ccc(C#CCN3CCN(CC#Cc4ccc5c(c4)N(C)C(=O)[C@@H](NC(=O)c4ncn(Cc6ccccc6)n4)CO5)CC3)cc2N(C)C(=O)[C@H]1NC(=O)c1cn(Cc2ccccc2)cn1. The minimum atomic E-state index is -0.941. The van der Waals surface area contributed by atoms with Crippen molar-refractivity contribution in [3.63, 3.8) is 0 Å². The average molecular weight is 926 g/mol. The minimum Gasteiger partial charge on any atom is -0.489 e. The first-order chi connectivity index (χ1) is 33.5. The van der Waals surface area contributed by atoms with E-state index in [1.807, 2.05) is 95.6 Å². The summed E-state index contributed by atoms with van der Waals surface area (Å²) in [5.74, 6) is 12.4. The number of nitrogens with one attached hydrogen (secondary N) is 2. The maximum Gasteiger partial charge on any atom is 0.291 e. The van der Waals surface area contributed by atoms with Gasteiger partial charge in [0.05, 0.1) is 37.3 Å². The van der Waals surface area contributed by atoms with Crippen LogP contribution in [0, 0.1) is 23.7 Å². The Kier molecular flexibility index (Phi) is 13.8. The quantitative estimate of drug-likeness (QED) is 0.193. The predicted molar refractivity (Wildman–Crippen MR) is 258 cm³/mol. The normalized spacial score (nSPS) is 18.2. The van der Waals surface area contributed by atoms with Crippen LogP contribution in [-0.4, -0.2) is 136 Å². The molecule has 3 atom stereocenters. The van der Waals surface area contributed by atoms with E-state index in [2.05, 4.69) is 59.2 Å². The van der Waals surface area contributed by atoms with Crippen molar-refractivity contribution in [1.82, 2.24) is 44.7 Å². The number of nitrogens with zero attached hydrogens (tertiary/aromatic N) is 9. The van der Waals surface area contributed by atoms with Crippen LogP contribution >= 0.6 is 0 Å². The fourth-order valence-corrected chi connectivity index (χ4v) is 8.27. The lowest BCUT2D eigenvalue weighted by Gasteiger charge is -2.32. The van der Waals surface area contributed by atoms with Gasteiger partial charge < -0.3 is 34.5 Å². The number of hydrogen-bond acceptors (Lipinski definition) is 11. The molecule has 3 aliphatic rings. The number of aromatic nitrogens is 5. The van der Waals surface area contributed by atoms with E-state index in [0.29, 0.717) is 49.1 Å². The van der Waals surface area contributed by atoms with Gasteiger partial charge in [-0.1, -0.05) is 84.3 Å². The number of anilines is 2. The Hall–Kier alpha value is -8.25. The summed E-state index contributed by atoms with van der Waals surface area (Å²) in [5.41, 5.74) is 4.93. The van der Waals surface area contributed by atoms with E-state index in [9.17, 15) is 19.2 Å². The van der Waals surface area contributed by atoms with Gasteiger partial charge in [-0.25, -0.2) is 14.6 Å². The van der Waals surface area contributed by atoms with Crippen molar-refractivity contribution in [2.75, 3.05) is 69.8 Å². The second-order valence-corrected chi connectivity index (χ2v) is 17.1. The first-order valence-electron chi connectivity index (χ1n) is 22.7. The topological polar surface area (TPSA) is 172 Å². The van der Waals surface area contributed by atoms with E-state index in [4.69, 9.17) is 9.47 Å². The van der Waals surface area contributed by atoms with E-state index < -0.39 is 30.0 Å². The Morgan fingerprint density at radius 1 is 0.696 bits per heavy atom. The molecular weight excluding hydrogens is 875 g/mol. The summed E-state index contributed by atoms with van der Waals surface area (Å²) < 4.78 is 15.6. The van der Waals surface area contributed by atoms with Gasteiger partial charge in [0, 0.05) is 64.1 Å². The molecular formula is C52H51N11O6. The molecule has 3 aliphatic heterocycles. The van der Waals surface area contributed by atoms with Crippen molar-refractivity contribution in [1.29, 1.82) is 0 Å². The molecule has 0 spiro atoms. The highest BCUT2D eigenvalue weighted by Crippen LogP contribution is 2.34. The van der Waals surface area contributed by atoms with Gasteiger partial charge in [-0.15, -0.1) is 5.10 Å². The van der Waals surface area contributed by atoms with Crippen molar-refractivity contribution in [3.05, 3.63) is 150 Å². The van der Waals surface area contributed by atoms with E-state index in [-0.39, 0.29) is 29.9 Å². The maximum absolute atomic E-state index is 13.7. The largest absolute Gasteiger partial charge is 0.489 e. The Morgan fingerprint density at radius 3 is 1.94 bits per heavy atom. The molecule has 17 heteroatoms. The molecule has 2 aromatic heterocycles. The highest BCUT2D eigenvalue weighted by Gasteiger charge is 2.37. The Balaban J connectivity index is 0.731. The monoisotopic (exact) mass is 925 g/mol. The Bertz CT molecular complexity index is 2980. The van der Waals surface area contributed by atoms with E-state index in [0.717, 1.165) is 48.4 Å². The Labute approximate surface area is 400 Å². The summed E-state index contributed by atoms with van der Waals surface area (Å²) in [5, 5.41) is 9.88. The molecule has 0 unspecified atom stereocenters. The molecule has 17 nitrogen and oxygen atoms in total. The van der Waals surface area contributed by atoms with E-state index in [1.54, 1.807) is 44.3 Å². The zero-order valence-electron chi connectivity index (χ0n) is 38.5. The molecule has 1 fully saturated rings. The Morgan fingerprint density at radius 2 is 1.29 bits per heavy atom. The van der Waals surface area contributed by atoms with Crippen molar-refractivity contribution in [2.24, 2.45) is 0 Å². The first kappa shape index (κ1) is 45.9. The summed E-state index contributed by atoms with van der Waals surface area (Å²) in [6.07, 6.45) is 4.12. The number of imidazole rings is 1. The molecule has 0 bridgehead atoms. The van der Waals surface area contributed by atoms with Crippen LogP contribution in [-0.2, 0) is 22.7 Å². The summed E-state index contributed by atoms with van der Waals surface area (Å²) in [6.45, 7) is 7.23. The number of piperazine rings is 1. The van der Waals surface area contributed by atoms with Gasteiger partial charge in [-0.05, 0) is 54.4 Å². The second kappa shape index (κ2) is 20.7. The van der Waals surface area contributed by atoms with Gasteiger partial charge in [-0.3, -0.25) is 29.0 Å². The number of amides is 4. The molecule has 4 aromatic carbocycles. The number of likely N-dealkylation sites (N-methyl/N-ethyl adjacent to an activating group) is 2. The highest BCUT2D eigenvalue weighted by molar-refractivity contribution is 6.04. The number of carbonyl (C=O) groups is 4. The number of ether oxygens (including phenoxy) is 2. The number of carbonyl (C=O) groups excluding carboxylic acids is 4. The fraction of sp³-hybridized carbons (Fsp3) is 0.288. The summed E-state index contributed by atoms with van der Waals surface area (Å²) >= 11 is 0. The zero-order valence-corrected chi connectivity index (χ0v) is 38.5. The van der Waals surface area contributed by atoms with Gasteiger partial charge in [-0.2, -0.15) is 0 Å². The van der Waals surface area contributed by atoms with Crippen LogP contribution in [0.4, 0.5) is 11.4 Å². The third-order valence-electron chi connectivity index (χ3n) is 12.2. The van der Waals surface area contributed by atoms with Gasteiger partial charge in [0.25, 0.3) is 23.6 Å². The standard InChI is InChI=1S/C52H51N11O6/c1-36-47(56-49(64)41-32-62(34-53-41)30-39-12-6-4-7-13-39)52(67)59(3)44-29-38(19-21-46(44)69-36)17-11-23-61-26-24-60(25-27-61)22-10-16-37-18-20-45-43(28-37)58(2)51(66)42(33-68-45)55-50(65)48-54-35-63(57-48)31-40-14-8-5-9-15-40/h4-9,12-15,18-21,28-29,32,34-36,42,47H,22-27,30-31,33H2,1-3H3,(H,55,65)(H,56,64)/t36-,42+,47+/m1/s1. The van der Waals surface area contributed by atoms with Gasteiger partial charge in [0.2, 0.25) is 5.82 Å². The molecule has 2 N–H and O–H groups in total. The van der Waals surface area contributed by atoms with Crippen LogP contribution < -0.4 is 29.9 Å². The number of benzene rings is 4. The lowest BCUT2D eigenvalue weighted by Crippen LogP contribution is -2.53. The molecule has 1 saturated heterocycles. The average Bonchev–Trinajstić information content (AvgIpc) is 4.01. The number of rotatable bonds is 10. The van der Waals surface area contributed by atoms with Gasteiger partial charge >= 0.3 is 0 Å². The van der Waals surface area contributed by atoms with Crippen LogP contribution in [0.1, 0.15) is 50.3 Å². The lowest BCUT2D eigenvalue weighted by molar-refractivity contribution is -0.121. The molecule has 5 heterocycles. The van der Waals surface area contributed by atoms with Crippen molar-refractivity contribution in [3.8, 4) is 35.2 Å². The molecule has 6 aromatic rings. The summed E-state index contributed by atoms with van der Waals surface area (Å²) in [6, 6.07) is 28.7. The molecule has 0 saturated carbocycles. The smallest absolute Gasteiger partial charge is 0.291 e. The fourth-order valence-electron chi connectivity index (χ4n) is 8.27. The molecule has 4 amide bonds. The van der Waals surface area contributed by atoms with Crippen molar-refractivity contribution < 1.29 is 28.7 Å². The molecule has 0 aliphatic carbocycles. The summed E-state index contributed by atoms with van der Waals surface area (Å²) in [4.78, 5) is 69.6. The lowest BCUT2D eigenvalue weighted by atomic mass is 10.1. The molecule has 69 heavy (non-hydrogen) atoms. The third-order valence-corrected chi connectivity index (χ3v) is 12.2.